The summed E-state index contributed by atoms with van der Waals surface area (Å²) in [5.41, 5.74) is 4.35. The largest absolute Gasteiger partial charge is 0.349 e. The van der Waals surface area contributed by atoms with E-state index in [4.69, 9.17) is 0 Å². The minimum atomic E-state index is 0.207. The number of benzene rings is 1. The number of aryl methyl sites for hydroxylation is 1. The summed E-state index contributed by atoms with van der Waals surface area (Å²) in [5, 5.41) is 3.18. The van der Waals surface area contributed by atoms with Gasteiger partial charge < -0.3 is 5.32 Å². The molecule has 0 radical (unpaired) electrons. The van der Waals surface area contributed by atoms with Crippen LogP contribution in [0, 0.1) is 12.3 Å². The molecule has 1 N–H and O–H groups in total. The van der Waals surface area contributed by atoms with Crippen molar-refractivity contribution in [2.75, 3.05) is 0 Å². The van der Waals surface area contributed by atoms with Crippen LogP contribution in [0.4, 0.5) is 0 Å². The first-order valence-corrected chi connectivity index (χ1v) is 5.98. The third kappa shape index (κ3) is 1.22. The number of hydrogen-bond acceptors (Lipinski definition) is 1. The lowest BCUT2D eigenvalue weighted by Crippen LogP contribution is -2.42. The molecule has 2 nitrogen and oxygen atoms in total. The Bertz CT molecular complexity index is 466. The first kappa shape index (κ1) is 9.88. The van der Waals surface area contributed by atoms with Crippen molar-refractivity contribution >= 4 is 5.91 Å². The van der Waals surface area contributed by atoms with Gasteiger partial charge in [-0.1, -0.05) is 25.1 Å². The lowest BCUT2D eigenvalue weighted by molar-refractivity contribution is -0.125. The topological polar surface area (TPSA) is 29.1 Å². The standard InChI is InChI=1S/C14H17NO/c1-9-4-3-5-10-8-14(2)7-6-11(16)15-13(14)12(9)10/h3-5,13H,6-8H2,1-2H3,(H,15,16)/t13-,14+/m1/s1. The second-order valence-electron chi connectivity index (χ2n) is 5.48. The summed E-state index contributed by atoms with van der Waals surface area (Å²) in [4.78, 5) is 11.6. The van der Waals surface area contributed by atoms with E-state index in [-0.39, 0.29) is 17.4 Å². The number of carbonyl (C=O) groups is 1. The van der Waals surface area contributed by atoms with Crippen LogP contribution in [0.3, 0.4) is 0 Å². The minimum Gasteiger partial charge on any atom is -0.349 e. The highest BCUT2D eigenvalue weighted by Crippen LogP contribution is 2.51. The second kappa shape index (κ2) is 3.09. The van der Waals surface area contributed by atoms with E-state index in [0.29, 0.717) is 6.42 Å². The average molecular weight is 215 g/mol. The van der Waals surface area contributed by atoms with E-state index >= 15 is 0 Å². The predicted molar refractivity (Wildman–Crippen MR) is 63.1 cm³/mol. The van der Waals surface area contributed by atoms with Gasteiger partial charge in [-0.25, -0.2) is 0 Å². The Morgan fingerprint density at radius 3 is 3.06 bits per heavy atom. The minimum absolute atomic E-state index is 0.207. The number of amides is 1. The Labute approximate surface area is 96.1 Å². The van der Waals surface area contributed by atoms with Crippen LogP contribution in [-0.4, -0.2) is 5.91 Å². The molecule has 0 aromatic heterocycles. The van der Waals surface area contributed by atoms with Gasteiger partial charge in [-0.2, -0.15) is 0 Å². The van der Waals surface area contributed by atoms with Gasteiger partial charge in [0.1, 0.15) is 0 Å². The van der Waals surface area contributed by atoms with Crippen molar-refractivity contribution in [3.05, 3.63) is 34.9 Å². The lowest BCUT2D eigenvalue weighted by atomic mass is 9.76. The van der Waals surface area contributed by atoms with Gasteiger partial charge in [-0.3, -0.25) is 4.79 Å². The van der Waals surface area contributed by atoms with Crippen molar-refractivity contribution < 1.29 is 4.79 Å². The smallest absolute Gasteiger partial charge is 0.220 e. The van der Waals surface area contributed by atoms with Crippen LogP contribution < -0.4 is 5.32 Å². The normalized spacial score (nSPS) is 31.9. The van der Waals surface area contributed by atoms with Gasteiger partial charge in [0.2, 0.25) is 5.91 Å². The van der Waals surface area contributed by atoms with Crippen LogP contribution in [0.2, 0.25) is 0 Å². The summed E-state index contributed by atoms with van der Waals surface area (Å²) in [6, 6.07) is 6.71. The summed E-state index contributed by atoms with van der Waals surface area (Å²) in [6.45, 7) is 4.45. The van der Waals surface area contributed by atoms with Crippen LogP contribution in [0.5, 0.6) is 0 Å². The molecule has 0 saturated carbocycles. The molecule has 1 aromatic rings. The van der Waals surface area contributed by atoms with Gasteiger partial charge in [-0.15, -0.1) is 0 Å². The van der Waals surface area contributed by atoms with Gasteiger partial charge in [0, 0.05) is 6.42 Å². The van der Waals surface area contributed by atoms with Crippen LogP contribution in [0.15, 0.2) is 18.2 Å². The van der Waals surface area contributed by atoms with Crippen molar-refractivity contribution in [3.63, 3.8) is 0 Å². The van der Waals surface area contributed by atoms with Crippen LogP contribution in [-0.2, 0) is 11.2 Å². The average Bonchev–Trinajstić information content (AvgIpc) is 2.52. The van der Waals surface area contributed by atoms with E-state index in [9.17, 15) is 4.79 Å². The van der Waals surface area contributed by atoms with Gasteiger partial charge >= 0.3 is 0 Å². The quantitative estimate of drug-likeness (QED) is 0.708. The highest BCUT2D eigenvalue weighted by atomic mass is 16.1. The van der Waals surface area contributed by atoms with Crippen molar-refractivity contribution in [3.8, 4) is 0 Å². The number of piperidine rings is 1. The molecule has 2 aliphatic rings. The third-order valence-electron chi connectivity index (χ3n) is 4.22. The molecule has 1 aromatic carbocycles. The van der Waals surface area contributed by atoms with Gasteiger partial charge in [-0.05, 0) is 41.9 Å². The fourth-order valence-corrected chi connectivity index (χ4v) is 3.31. The third-order valence-corrected chi connectivity index (χ3v) is 4.22. The Kier molecular flexibility index (Phi) is 1.91. The van der Waals surface area contributed by atoms with E-state index in [2.05, 4.69) is 37.4 Å². The molecule has 16 heavy (non-hydrogen) atoms. The molecule has 1 heterocycles. The van der Waals surface area contributed by atoms with Crippen molar-refractivity contribution in [2.45, 2.75) is 39.2 Å². The molecule has 0 spiro atoms. The zero-order valence-electron chi connectivity index (χ0n) is 9.84. The Morgan fingerprint density at radius 1 is 1.44 bits per heavy atom. The van der Waals surface area contributed by atoms with Crippen molar-refractivity contribution in [1.82, 2.24) is 5.32 Å². The predicted octanol–water partition coefficient (Wildman–Crippen LogP) is 2.51. The number of hydrogen-bond donors (Lipinski definition) is 1. The number of carbonyl (C=O) groups excluding carboxylic acids is 1. The number of fused-ring (bicyclic) bond motifs is 3. The molecule has 1 amide bonds. The number of nitrogens with one attached hydrogen (secondary N) is 1. The lowest BCUT2D eigenvalue weighted by Gasteiger charge is -2.37. The highest BCUT2D eigenvalue weighted by Gasteiger charge is 2.46. The zero-order valence-corrected chi connectivity index (χ0v) is 9.84. The monoisotopic (exact) mass is 215 g/mol. The Morgan fingerprint density at radius 2 is 2.25 bits per heavy atom. The molecule has 0 unspecified atom stereocenters. The Hall–Kier alpha value is -1.31. The Balaban J connectivity index is 2.12. The van der Waals surface area contributed by atoms with E-state index < -0.39 is 0 Å². The summed E-state index contributed by atoms with van der Waals surface area (Å²) in [5.74, 6) is 0.207. The molecule has 84 valence electrons. The fourth-order valence-electron chi connectivity index (χ4n) is 3.31. The van der Waals surface area contributed by atoms with Gasteiger partial charge in [0.05, 0.1) is 6.04 Å². The first-order chi connectivity index (χ1) is 7.60. The first-order valence-electron chi connectivity index (χ1n) is 5.98. The molecular formula is C14H17NO. The van der Waals surface area contributed by atoms with Gasteiger partial charge in [0.15, 0.2) is 0 Å². The molecule has 0 bridgehead atoms. The maximum atomic E-state index is 11.6. The fraction of sp³-hybridized carbons (Fsp3) is 0.500. The molecule has 1 aliphatic carbocycles. The molecule has 1 aliphatic heterocycles. The number of rotatable bonds is 0. The molecule has 2 heteroatoms. The maximum absolute atomic E-state index is 11.6. The highest BCUT2D eigenvalue weighted by molar-refractivity contribution is 5.78. The van der Waals surface area contributed by atoms with Crippen LogP contribution >= 0.6 is 0 Å². The summed E-state index contributed by atoms with van der Waals surface area (Å²) in [6.07, 6.45) is 2.80. The molecule has 1 fully saturated rings. The van der Waals surface area contributed by atoms with E-state index in [1.54, 1.807) is 0 Å². The van der Waals surface area contributed by atoms with Crippen LogP contribution in [0.25, 0.3) is 0 Å². The maximum Gasteiger partial charge on any atom is 0.220 e. The SMILES string of the molecule is Cc1cccc2c1[C@H]1NC(=O)CC[C@@]1(C)C2. The molecule has 1 saturated heterocycles. The molecule has 2 atom stereocenters. The van der Waals surface area contributed by atoms with E-state index in [0.717, 1.165) is 12.8 Å². The van der Waals surface area contributed by atoms with E-state index in [1.807, 2.05) is 0 Å². The summed E-state index contributed by atoms with van der Waals surface area (Å²) < 4.78 is 0. The summed E-state index contributed by atoms with van der Waals surface area (Å²) >= 11 is 0. The van der Waals surface area contributed by atoms with Crippen molar-refractivity contribution in [2.24, 2.45) is 5.41 Å². The molecule has 3 rings (SSSR count). The van der Waals surface area contributed by atoms with E-state index in [1.165, 1.54) is 16.7 Å². The van der Waals surface area contributed by atoms with Crippen molar-refractivity contribution in [1.29, 1.82) is 0 Å². The van der Waals surface area contributed by atoms with Crippen LogP contribution in [0.1, 0.15) is 42.5 Å². The zero-order chi connectivity index (χ0) is 11.3. The van der Waals surface area contributed by atoms with Gasteiger partial charge in [0.25, 0.3) is 0 Å². The molecular weight excluding hydrogens is 198 g/mol. The second-order valence-corrected chi connectivity index (χ2v) is 5.48. The summed E-state index contributed by atoms with van der Waals surface area (Å²) in [7, 11) is 0.